The summed E-state index contributed by atoms with van der Waals surface area (Å²) in [4.78, 5) is 0. The van der Waals surface area contributed by atoms with Crippen LogP contribution in [0.25, 0.3) is 0 Å². The molecule has 0 aromatic heterocycles. The van der Waals surface area contributed by atoms with E-state index in [0.717, 1.165) is 0 Å². The molecule has 10 nitrogen and oxygen atoms in total. The first-order chi connectivity index (χ1) is 4.00. The van der Waals surface area contributed by atoms with Crippen LogP contribution in [0.4, 0.5) is 0 Å². The SMILES string of the molecule is O.O.O=S(=O)([O-])O.O=S(=O)([O-])O.[Na+].[Na+]. The van der Waals surface area contributed by atoms with Gasteiger partial charge in [0.1, 0.15) is 0 Å². The minimum absolute atomic E-state index is 0. The van der Waals surface area contributed by atoms with Crippen molar-refractivity contribution in [1.82, 2.24) is 0 Å². The first kappa shape index (κ1) is 36.1. The molecule has 0 heterocycles. The summed E-state index contributed by atoms with van der Waals surface area (Å²) in [6, 6.07) is 0. The molecular formula is H6Na2O10S2. The molecule has 0 bridgehead atoms. The van der Waals surface area contributed by atoms with Crippen molar-refractivity contribution >= 4 is 20.8 Å². The van der Waals surface area contributed by atoms with Gasteiger partial charge in [-0.3, -0.25) is 9.11 Å². The Morgan fingerprint density at radius 1 is 0.714 bits per heavy atom. The van der Waals surface area contributed by atoms with E-state index in [2.05, 4.69) is 0 Å². The van der Waals surface area contributed by atoms with Crippen LogP contribution in [0.5, 0.6) is 0 Å². The van der Waals surface area contributed by atoms with Gasteiger partial charge in [0.25, 0.3) is 0 Å². The van der Waals surface area contributed by atoms with Crippen molar-refractivity contribution in [2.24, 2.45) is 0 Å². The fraction of sp³-hybridized carbons (Fsp3) is 0. The van der Waals surface area contributed by atoms with Gasteiger partial charge in [-0.05, 0) is 0 Å². The first-order valence-electron chi connectivity index (χ1n) is 1.37. The Morgan fingerprint density at radius 2 is 0.714 bits per heavy atom. The quantitative estimate of drug-likeness (QED) is 0.245. The molecule has 0 fully saturated rings. The Labute approximate surface area is 124 Å². The van der Waals surface area contributed by atoms with Crippen LogP contribution < -0.4 is 59.1 Å². The van der Waals surface area contributed by atoms with Gasteiger partial charge in [-0.2, -0.15) is 0 Å². The molecule has 14 heavy (non-hydrogen) atoms. The molecule has 0 radical (unpaired) electrons. The molecule has 0 atom stereocenters. The topological polar surface area (TPSA) is 218 Å². The van der Waals surface area contributed by atoms with Gasteiger partial charge in [0.05, 0.1) is 0 Å². The molecule has 14 heteroatoms. The van der Waals surface area contributed by atoms with E-state index in [1.54, 1.807) is 0 Å². The smallest absolute Gasteiger partial charge is 0.726 e. The van der Waals surface area contributed by atoms with Gasteiger partial charge < -0.3 is 20.1 Å². The van der Waals surface area contributed by atoms with E-state index in [1.165, 1.54) is 0 Å². The van der Waals surface area contributed by atoms with Crippen LogP contribution in [0.1, 0.15) is 0 Å². The van der Waals surface area contributed by atoms with Crippen LogP contribution in [0.15, 0.2) is 0 Å². The average molecular weight is 276 g/mol. The molecule has 6 N–H and O–H groups in total. The average Bonchev–Trinajstić information content (AvgIpc) is 1.12. The molecule has 0 aliphatic carbocycles. The second-order valence-electron chi connectivity index (χ2n) is 0.855. The van der Waals surface area contributed by atoms with Gasteiger partial charge in [0.15, 0.2) is 0 Å². The van der Waals surface area contributed by atoms with Gasteiger partial charge in [0.2, 0.25) is 20.8 Å². The van der Waals surface area contributed by atoms with Crippen molar-refractivity contribution in [3.8, 4) is 0 Å². The Hall–Kier alpha value is 1.66. The Balaban J connectivity index is -0.0000000178. The third-order valence-corrected chi connectivity index (χ3v) is 0. The molecular weight excluding hydrogens is 270 g/mol. The minimum Gasteiger partial charge on any atom is -0.726 e. The zero-order valence-corrected chi connectivity index (χ0v) is 12.8. The van der Waals surface area contributed by atoms with E-state index in [1.807, 2.05) is 0 Å². The minimum atomic E-state index is -4.92. The molecule has 0 spiro atoms. The standard InChI is InChI=1S/2Na.2H2O4S.2H2O/c;;2*1-5(2,3)4;;/h;;2*(H2,1,2,3,4);2*1H2/q2*+1;;;;/p-2. The van der Waals surface area contributed by atoms with Crippen LogP contribution in [-0.4, -0.2) is 46.0 Å². The maximum Gasteiger partial charge on any atom is 1.00 e. The van der Waals surface area contributed by atoms with E-state index in [0.29, 0.717) is 0 Å². The molecule has 0 saturated heterocycles. The van der Waals surface area contributed by atoms with Crippen LogP contribution in [-0.2, 0) is 20.8 Å². The maximum atomic E-state index is 8.63. The Kier molecular flexibility index (Phi) is 37.8. The van der Waals surface area contributed by atoms with E-state index in [4.69, 9.17) is 35.0 Å². The second-order valence-corrected chi connectivity index (χ2v) is 2.57. The predicted octanol–water partition coefficient (Wildman–Crippen LogP) is -9.63. The molecule has 0 aromatic carbocycles. The zero-order chi connectivity index (χ0) is 9.00. The zero-order valence-electron chi connectivity index (χ0n) is 7.16. The fourth-order valence-electron chi connectivity index (χ4n) is 0. The molecule has 0 aliphatic heterocycles. The summed E-state index contributed by atoms with van der Waals surface area (Å²) < 4.78 is 65.7. The van der Waals surface area contributed by atoms with E-state index in [-0.39, 0.29) is 70.1 Å². The normalized spacial score (nSPS) is 8.29. The van der Waals surface area contributed by atoms with Crippen LogP contribution in [0, 0.1) is 0 Å². The molecule has 0 unspecified atom stereocenters. The number of rotatable bonds is 0. The number of hydrogen-bond donors (Lipinski definition) is 2. The van der Waals surface area contributed by atoms with Crippen molar-refractivity contribution in [1.29, 1.82) is 0 Å². The Morgan fingerprint density at radius 3 is 0.714 bits per heavy atom. The molecule has 80 valence electrons. The van der Waals surface area contributed by atoms with Gasteiger partial charge in [0, 0.05) is 0 Å². The first-order valence-corrected chi connectivity index (χ1v) is 4.10. The molecule has 0 aliphatic rings. The van der Waals surface area contributed by atoms with Gasteiger partial charge in [-0.25, -0.2) is 16.8 Å². The van der Waals surface area contributed by atoms with Crippen molar-refractivity contribution in [3.63, 3.8) is 0 Å². The van der Waals surface area contributed by atoms with Crippen molar-refractivity contribution in [2.75, 3.05) is 0 Å². The summed E-state index contributed by atoms with van der Waals surface area (Å²) in [5, 5.41) is 0. The summed E-state index contributed by atoms with van der Waals surface area (Å²) in [7, 11) is -9.83. The van der Waals surface area contributed by atoms with E-state index < -0.39 is 20.8 Å². The van der Waals surface area contributed by atoms with Crippen molar-refractivity contribution in [3.05, 3.63) is 0 Å². The van der Waals surface area contributed by atoms with Crippen molar-refractivity contribution < 1.29 is 105 Å². The Bertz CT molecular complexity index is 212. The third-order valence-electron chi connectivity index (χ3n) is 0. The van der Waals surface area contributed by atoms with Crippen LogP contribution >= 0.6 is 0 Å². The summed E-state index contributed by atoms with van der Waals surface area (Å²) in [6.45, 7) is 0. The summed E-state index contributed by atoms with van der Waals surface area (Å²) >= 11 is 0. The second kappa shape index (κ2) is 14.7. The molecule has 0 amide bonds. The van der Waals surface area contributed by atoms with E-state index in [9.17, 15) is 0 Å². The third kappa shape index (κ3) is 795. The van der Waals surface area contributed by atoms with Crippen molar-refractivity contribution in [2.45, 2.75) is 0 Å². The fourth-order valence-corrected chi connectivity index (χ4v) is 0. The maximum absolute atomic E-state index is 8.63. The van der Waals surface area contributed by atoms with Gasteiger partial charge >= 0.3 is 59.1 Å². The summed E-state index contributed by atoms with van der Waals surface area (Å²) in [5.74, 6) is 0. The van der Waals surface area contributed by atoms with Crippen LogP contribution in [0.2, 0.25) is 0 Å². The molecule has 0 aromatic rings. The van der Waals surface area contributed by atoms with Gasteiger partial charge in [-0.1, -0.05) is 0 Å². The van der Waals surface area contributed by atoms with E-state index >= 15 is 0 Å². The predicted molar refractivity (Wildman–Crippen MR) is 31.9 cm³/mol. The number of hydrogen-bond acceptors (Lipinski definition) is 6. The summed E-state index contributed by atoms with van der Waals surface area (Å²) in [5.41, 5.74) is 0. The van der Waals surface area contributed by atoms with Crippen LogP contribution in [0.3, 0.4) is 0 Å². The summed E-state index contributed by atoms with van der Waals surface area (Å²) in [6.07, 6.45) is 0. The monoisotopic (exact) mass is 276 g/mol. The molecule has 0 rings (SSSR count). The largest absolute Gasteiger partial charge is 1.00 e. The molecule has 0 saturated carbocycles. The van der Waals surface area contributed by atoms with Gasteiger partial charge in [-0.15, -0.1) is 0 Å².